The van der Waals surface area contributed by atoms with E-state index in [2.05, 4.69) is 52.6 Å². The highest BCUT2D eigenvalue weighted by Crippen LogP contribution is 2.73. The maximum absolute atomic E-state index is 14.4. The quantitative estimate of drug-likeness (QED) is 0.439. The Bertz CT molecular complexity index is 1250. The summed E-state index contributed by atoms with van der Waals surface area (Å²) in [7, 11) is 0. The molecule has 1 N–H and O–H groups in total. The Hall–Kier alpha value is -2.48. The molecule has 0 aromatic rings. The van der Waals surface area contributed by atoms with E-state index >= 15 is 0 Å². The Balaban J connectivity index is 1.68. The third-order valence-corrected chi connectivity index (χ3v) is 12.4. The molecule has 0 heterocycles. The maximum atomic E-state index is 14.4. The van der Waals surface area contributed by atoms with E-state index in [-0.39, 0.29) is 57.0 Å². The number of Topliss-reactive ketones (excluding diaryl/α,β-unsaturated/α-hetero) is 1. The molecule has 0 bridgehead atoms. The van der Waals surface area contributed by atoms with E-state index in [9.17, 15) is 19.6 Å². The van der Waals surface area contributed by atoms with E-state index in [1.165, 1.54) is 6.08 Å². The van der Waals surface area contributed by atoms with Gasteiger partial charge in [-0.3, -0.25) is 14.4 Å². The molecule has 5 aliphatic rings. The van der Waals surface area contributed by atoms with Crippen molar-refractivity contribution in [3.8, 4) is 6.07 Å². The molecule has 5 rings (SSSR count). The monoisotopic (exact) mass is 516 g/mol. The summed E-state index contributed by atoms with van der Waals surface area (Å²) in [4.78, 5) is 40.3. The predicted molar refractivity (Wildman–Crippen MR) is 148 cm³/mol. The van der Waals surface area contributed by atoms with Gasteiger partial charge in [0.15, 0.2) is 11.6 Å². The topological polar surface area (TPSA) is 87.0 Å². The lowest BCUT2D eigenvalue weighted by Crippen LogP contribution is -2.69. The minimum atomic E-state index is -0.665. The van der Waals surface area contributed by atoms with Gasteiger partial charge < -0.3 is 5.32 Å². The zero-order valence-electron chi connectivity index (χ0n) is 24.3. The van der Waals surface area contributed by atoms with Gasteiger partial charge in [-0.15, -0.1) is 0 Å². The van der Waals surface area contributed by atoms with E-state index in [1.54, 1.807) is 0 Å². The Kier molecular flexibility index (Phi) is 5.72. The second-order valence-electron chi connectivity index (χ2n) is 15.1. The van der Waals surface area contributed by atoms with Crippen LogP contribution in [0.4, 0.5) is 0 Å². The summed E-state index contributed by atoms with van der Waals surface area (Å²) >= 11 is 0. The number of nitriles is 1. The summed E-state index contributed by atoms with van der Waals surface area (Å²) < 4.78 is 0. The summed E-state index contributed by atoms with van der Waals surface area (Å²) in [6.07, 6.45) is 11.4. The summed E-state index contributed by atoms with van der Waals surface area (Å²) in [5, 5.41) is 13.2. The number of nitrogens with one attached hydrogen (secondary N) is 1. The molecule has 3 saturated carbocycles. The third kappa shape index (κ3) is 3.31. The first-order valence-electron chi connectivity index (χ1n) is 14.4. The average Bonchev–Trinajstić information content (AvgIpc) is 2.83. The molecule has 1 amide bonds. The number of ketones is 2. The Morgan fingerprint density at radius 1 is 1.05 bits per heavy atom. The van der Waals surface area contributed by atoms with Gasteiger partial charge in [-0.1, -0.05) is 66.7 Å². The second kappa shape index (κ2) is 8.03. The van der Waals surface area contributed by atoms with Crippen molar-refractivity contribution < 1.29 is 14.4 Å². The van der Waals surface area contributed by atoms with Gasteiger partial charge in [-0.25, -0.2) is 0 Å². The largest absolute Gasteiger partial charge is 0.347 e. The lowest BCUT2D eigenvalue weighted by molar-refractivity contribution is -0.163. The number of rotatable bonds is 2. The molecule has 38 heavy (non-hydrogen) atoms. The normalized spacial score (nSPS) is 44.6. The van der Waals surface area contributed by atoms with Gasteiger partial charge in [0.1, 0.15) is 6.07 Å². The van der Waals surface area contributed by atoms with Crippen molar-refractivity contribution in [2.45, 2.75) is 99.0 Å². The van der Waals surface area contributed by atoms with E-state index in [1.807, 2.05) is 26.0 Å². The number of hydrogen-bond acceptors (Lipinski definition) is 4. The number of amides is 1. The van der Waals surface area contributed by atoms with Crippen LogP contribution in [0.15, 0.2) is 36.0 Å². The van der Waals surface area contributed by atoms with Crippen LogP contribution >= 0.6 is 0 Å². The van der Waals surface area contributed by atoms with Crippen molar-refractivity contribution >= 4 is 17.5 Å². The van der Waals surface area contributed by atoms with E-state index < -0.39 is 16.4 Å². The molecule has 0 unspecified atom stereocenters. The summed E-state index contributed by atoms with van der Waals surface area (Å²) in [6.45, 7) is 19.0. The third-order valence-electron chi connectivity index (χ3n) is 12.4. The highest BCUT2D eigenvalue weighted by atomic mass is 16.2. The molecule has 204 valence electrons. The zero-order chi connectivity index (χ0) is 28.1. The van der Waals surface area contributed by atoms with Crippen LogP contribution in [0.5, 0.6) is 0 Å². The Morgan fingerprint density at radius 3 is 2.34 bits per heavy atom. The minimum absolute atomic E-state index is 0.0371. The molecule has 0 saturated heterocycles. The molecule has 3 fully saturated rings. The molecule has 0 aliphatic heterocycles. The lowest BCUT2D eigenvalue weighted by Gasteiger charge is -2.69. The van der Waals surface area contributed by atoms with Crippen LogP contribution in [0.1, 0.15) is 93.4 Å². The molecule has 5 heteroatoms. The number of fused-ring (bicyclic) bond motifs is 7. The Labute approximate surface area is 228 Å². The molecule has 5 aliphatic carbocycles. The van der Waals surface area contributed by atoms with Gasteiger partial charge in [0.05, 0.1) is 5.57 Å². The van der Waals surface area contributed by atoms with Gasteiger partial charge in [-0.2, -0.15) is 5.26 Å². The van der Waals surface area contributed by atoms with Crippen LogP contribution < -0.4 is 5.32 Å². The highest BCUT2D eigenvalue weighted by molar-refractivity contribution is 6.04. The van der Waals surface area contributed by atoms with Gasteiger partial charge >= 0.3 is 0 Å². The minimum Gasteiger partial charge on any atom is -0.347 e. The fraction of sp³-hybridized carbons (Fsp3) is 0.697. The van der Waals surface area contributed by atoms with Crippen molar-refractivity contribution in [2.24, 2.45) is 44.8 Å². The fourth-order valence-corrected chi connectivity index (χ4v) is 10.1. The number of allylic oxidation sites excluding steroid dienone is 4. The number of nitrogens with zero attached hydrogens (tertiary/aromatic N) is 1. The van der Waals surface area contributed by atoms with Crippen LogP contribution in [0.3, 0.4) is 0 Å². The number of carbonyl (C=O) groups excluding carboxylic acids is 3. The molecule has 0 aromatic carbocycles. The van der Waals surface area contributed by atoms with Crippen molar-refractivity contribution in [1.29, 1.82) is 5.26 Å². The fourth-order valence-electron chi connectivity index (χ4n) is 10.1. The predicted octanol–water partition coefficient (Wildman–Crippen LogP) is 6.26. The average molecular weight is 517 g/mol. The molecule has 0 aromatic heterocycles. The molecule has 0 spiro atoms. The zero-order valence-corrected chi connectivity index (χ0v) is 24.3. The van der Waals surface area contributed by atoms with Crippen molar-refractivity contribution in [3.63, 3.8) is 0 Å². The summed E-state index contributed by atoms with van der Waals surface area (Å²) in [5.74, 6) is -0.176. The van der Waals surface area contributed by atoms with Crippen LogP contribution in [-0.4, -0.2) is 23.0 Å². The Morgan fingerprint density at radius 2 is 1.71 bits per heavy atom. The first-order chi connectivity index (χ1) is 17.5. The van der Waals surface area contributed by atoms with Gasteiger partial charge in [-0.05, 0) is 85.2 Å². The van der Waals surface area contributed by atoms with Crippen LogP contribution in [0.25, 0.3) is 0 Å². The first kappa shape index (κ1) is 27.1. The summed E-state index contributed by atoms with van der Waals surface area (Å²) in [5.41, 5.74) is -0.693. The van der Waals surface area contributed by atoms with Crippen molar-refractivity contribution in [3.05, 3.63) is 36.0 Å². The maximum Gasteiger partial charge on any atom is 0.243 e. The molecule has 0 radical (unpaired) electrons. The van der Waals surface area contributed by atoms with Gasteiger partial charge in [0.25, 0.3) is 0 Å². The van der Waals surface area contributed by atoms with Crippen LogP contribution in [0.2, 0.25) is 0 Å². The van der Waals surface area contributed by atoms with Crippen LogP contribution in [-0.2, 0) is 14.4 Å². The molecule has 7 atom stereocenters. The molecular weight excluding hydrogens is 472 g/mol. The SMILES string of the molecule is C=CC(=O)N[C@]12CCC(C)(C)C[C@@H]1[C@H]1C(=O)C=C3[C@@]4(C)C=C(C#N)C(=O)C(C)(C)[C@@H]4CC[C@@]3(C)[C@]1(C)CC2. The number of hydrogen-bond donors (Lipinski definition) is 1. The van der Waals surface area contributed by atoms with Crippen molar-refractivity contribution in [1.82, 2.24) is 5.32 Å². The van der Waals surface area contributed by atoms with E-state index in [0.717, 1.165) is 50.5 Å². The van der Waals surface area contributed by atoms with Crippen LogP contribution in [0, 0.1) is 56.2 Å². The van der Waals surface area contributed by atoms with E-state index in [4.69, 9.17) is 0 Å². The second-order valence-corrected chi connectivity index (χ2v) is 15.1. The molecule has 5 nitrogen and oxygen atoms in total. The van der Waals surface area contributed by atoms with Crippen molar-refractivity contribution in [2.75, 3.05) is 0 Å². The molecular formula is C33H44N2O3. The first-order valence-corrected chi connectivity index (χ1v) is 14.4. The van der Waals surface area contributed by atoms with Gasteiger partial charge in [0.2, 0.25) is 5.91 Å². The van der Waals surface area contributed by atoms with E-state index in [0.29, 0.717) is 0 Å². The smallest absolute Gasteiger partial charge is 0.243 e. The lowest BCUT2D eigenvalue weighted by atomic mass is 9.35. The highest BCUT2D eigenvalue weighted by Gasteiger charge is 2.70. The summed E-state index contributed by atoms with van der Waals surface area (Å²) in [6, 6.07) is 2.18. The van der Waals surface area contributed by atoms with Gasteiger partial charge in [0, 0.05) is 22.3 Å². The number of carbonyl (C=O) groups is 3. The standard InChI is InChI=1S/C33H44N2O3/c1-9-25(37)35-33-14-12-28(2,3)18-21(33)26-22(36)16-24-30(6)17-20(19-34)27(38)29(4,5)23(30)10-11-31(24,7)32(26,8)13-15-33/h9,16-17,21,23,26H,1,10-15,18H2,2-8H3,(H,35,37)/t21-,23+,26+,30+,31-,32-,33+/m1/s1.